The Balaban J connectivity index is 1.56. The van der Waals surface area contributed by atoms with Gasteiger partial charge in [0.15, 0.2) is 0 Å². The van der Waals surface area contributed by atoms with Gasteiger partial charge in [0.05, 0.1) is 11.4 Å². The average molecular weight is 347 g/mol. The third-order valence-corrected chi connectivity index (χ3v) is 5.69. The normalized spacial score (nSPS) is 18.2. The van der Waals surface area contributed by atoms with Gasteiger partial charge in [-0.2, -0.15) is 0 Å². The number of aromatic nitrogens is 2. The van der Waals surface area contributed by atoms with Crippen LogP contribution in [0.4, 0.5) is 5.69 Å². The van der Waals surface area contributed by atoms with Crippen molar-refractivity contribution in [2.75, 3.05) is 45.1 Å². The second-order valence-electron chi connectivity index (χ2n) is 7.46. The SMILES string of the molecule is CN1CCN(Cc2c(-c3ccc4c(c3)CCN4)nc3ccccn23)CC1. The molecule has 134 valence electrons. The molecule has 5 heteroatoms. The Hall–Kier alpha value is -2.37. The number of nitrogens with one attached hydrogen (secondary N) is 1. The Labute approximate surface area is 154 Å². The van der Waals surface area contributed by atoms with E-state index in [2.05, 4.69) is 69.2 Å². The number of fused-ring (bicyclic) bond motifs is 2. The van der Waals surface area contributed by atoms with E-state index in [-0.39, 0.29) is 0 Å². The Kier molecular flexibility index (Phi) is 3.91. The van der Waals surface area contributed by atoms with Crippen LogP contribution in [0.2, 0.25) is 0 Å². The summed E-state index contributed by atoms with van der Waals surface area (Å²) in [5, 5.41) is 3.45. The van der Waals surface area contributed by atoms with Crippen LogP contribution < -0.4 is 5.32 Å². The highest BCUT2D eigenvalue weighted by atomic mass is 15.3. The van der Waals surface area contributed by atoms with E-state index in [1.54, 1.807) is 0 Å². The van der Waals surface area contributed by atoms with Gasteiger partial charge in [0, 0.05) is 56.7 Å². The number of likely N-dealkylation sites (N-methyl/N-ethyl adjacent to an activating group) is 1. The quantitative estimate of drug-likeness (QED) is 0.790. The fourth-order valence-corrected chi connectivity index (χ4v) is 4.10. The molecule has 0 unspecified atom stereocenters. The lowest BCUT2D eigenvalue weighted by Gasteiger charge is -2.32. The standard InChI is InChI=1S/C21H25N5/c1-24-10-12-25(13-11-24)15-19-21(23-20-4-2-3-9-26(19)20)17-5-6-18-16(14-17)7-8-22-18/h2-6,9,14,22H,7-8,10-13,15H2,1H3. The molecule has 5 nitrogen and oxygen atoms in total. The maximum atomic E-state index is 4.99. The van der Waals surface area contributed by atoms with Gasteiger partial charge in [-0.3, -0.25) is 4.90 Å². The lowest BCUT2D eigenvalue weighted by atomic mass is 10.0. The Morgan fingerprint density at radius 2 is 1.96 bits per heavy atom. The maximum Gasteiger partial charge on any atom is 0.137 e. The number of pyridine rings is 1. The summed E-state index contributed by atoms with van der Waals surface area (Å²) in [6, 6.07) is 13.0. The Bertz CT molecular complexity index is 937. The highest BCUT2D eigenvalue weighted by Crippen LogP contribution is 2.31. The summed E-state index contributed by atoms with van der Waals surface area (Å²) in [4.78, 5) is 9.95. The van der Waals surface area contributed by atoms with Crippen molar-refractivity contribution < 1.29 is 0 Å². The summed E-state index contributed by atoms with van der Waals surface area (Å²) in [6.45, 7) is 6.49. The summed E-state index contributed by atoms with van der Waals surface area (Å²) in [7, 11) is 2.20. The first kappa shape index (κ1) is 15.9. The summed E-state index contributed by atoms with van der Waals surface area (Å²) in [5.74, 6) is 0. The van der Waals surface area contributed by atoms with E-state index in [1.165, 1.54) is 22.5 Å². The average Bonchev–Trinajstić information content (AvgIpc) is 3.28. The van der Waals surface area contributed by atoms with Gasteiger partial charge in [0.1, 0.15) is 5.65 Å². The topological polar surface area (TPSA) is 35.8 Å². The molecule has 1 N–H and O–H groups in total. The molecule has 3 aromatic rings. The highest BCUT2D eigenvalue weighted by molar-refractivity contribution is 5.71. The van der Waals surface area contributed by atoms with Gasteiger partial charge in [0.25, 0.3) is 0 Å². The van der Waals surface area contributed by atoms with Gasteiger partial charge in [-0.25, -0.2) is 4.98 Å². The van der Waals surface area contributed by atoms with E-state index in [9.17, 15) is 0 Å². The predicted molar refractivity (Wildman–Crippen MR) is 106 cm³/mol. The van der Waals surface area contributed by atoms with Crippen molar-refractivity contribution in [3.63, 3.8) is 0 Å². The van der Waals surface area contributed by atoms with Crippen LogP contribution in [-0.4, -0.2) is 59.0 Å². The monoisotopic (exact) mass is 347 g/mol. The predicted octanol–water partition coefficient (Wildman–Crippen LogP) is 2.72. The van der Waals surface area contributed by atoms with E-state index in [0.717, 1.165) is 57.0 Å². The van der Waals surface area contributed by atoms with Crippen LogP contribution in [0.25, 0.3) is 16.9 Å². The van der Waals surface area contributed by atoms with Gasteiger partial charge in [-0.05, 0) is 43.3 Å². The van der Waals surface area contributed by atoms with E-state index >= 15 is 0 Å². The molecule has 1 fully saturated rings. The molecule has 2 aliphatic rings. The molecule has 0 atom stereocenters. The van der Waals surface area contributed by atoms with Crippen molar-refractivity contribution in [2.24, 2.45) is 0 Å². The van der Waals surface area contributed by atoms with Gasteiger partial charge in [-0.1, -0.05) is 12.1 Å². The first-order valence-corrected chi connectivity index (χ1v) is 9.52. The van der Waals surface area contributed by atoms with Crippen LogP contribution in [-0.2, 0) is 13.0 Å². The van der Waals surface area contributed by atoms with E-state index < -0.39 is 0 Å². The zero-order chi connectivity index (χ0) is 17.5. The summed E-state index contributed by atoms with van der Waals surface area (Å²) in [6.07, 6.45) is 3.25. The molecule has 0 saturated carbocycles. The minimum absolute atomic E-state index is 0.948. The fraction of sp³-hybridized carbons (Fsp3) is 0.381. The minimum Gasteiger partial charge on any atom is -0.384 e. The largest absolute Gasteiger partial charge is 0.384 e. The third kappa shape index (κ3) is 2.77. The lowest BCUT2D eigenvalue weighted by Crippen LogP contribution is -2.44. The minimum atomic E-state index is 0.948. The van der Waals surface area contributed by atoms with E-state index in [0.29, 0.717) is 0 Å². The zero-order valence-electron chi connectivity index (χ0n) is 15.3. The van der Waals surface area contributed by atoms with Crippen molar-refractivity contribution in [3.05, 3.63) is 53.9 Å². The van der Waals surface area contributed by atoms with Crippen LogP contribution in [0.5, 0.6) is 0 Å². The Morgan fingerprint density at radius 1 is 1.08 bits per heavy atom. The van der Waals surface area contributed by atoms with Crippen LogP contribution >= 0.6 is 0 Å². The van der Waals surface area contributed by atoms with Crippen molar-refractivity contribution in [3.8, 4) is 11.3 Å². The molecule has 26 heavy (non-hydrogen) atoms. The number of nitrogens with zero attached hydrogens (tertiary/aromatic N) is 4. The maximum absolute atomic E-state index is 4.99. The molecule has 0 aliphatic carbocycles. The molecule has 2 aromatic heterocycles. The molecule has 1 saturated heterocycles. The number of rotatable bonds is 3. The second kappa shape index (κ2) is 6.41. The molecular weight excluding hydrogens is 322 g/mol. The summed E-state index contributed by atoms with van der Waals surface area (Å²) in [5.41, 5.74) is 7.38. The van der Waals surface area contributed by atoms with Gasteiger partial charge in [-0.15, -0.1) is 0 Å². The number of hydrogen-bond acceptors (Lipinski definition) is 4. The van der Waals surface area contributed by atoms with Crippen molar-refractivity contribution >= 4 is 11.3 Å². The molecule has 5 rings (SSSR count). The fourth-order valence-electron chi connectivity index (χ4n) is 4.10. The highest BCUT2D eigenvalue weighted by Gasteiger charge is 2.21. The molecule has 0 bridgehead atoms. The van der Waals surface area contributed by atoms with E-state index in [4.69, 9.17) is 4.98 Å². The number of imidazole rings is 1. The van der Waals surface area contributed by atoms with Crippen LogP contribution in [0.1, 0.15) is 11.3 Å². The summed E-state index contributed by atoms with van der Waals surface area (Å²) >= 11 is 0. The first-order chi connectivity index (χ1) is 12.8. The van der Waals surface area contributed by atoms with Crippen LogP contribution in [0.15, 0.2) is 42.6 Å². The Morgan fingerprint density at radius 3 is 2.85 bits per heavy atom. The molecule has 0 spiro atoms. The molecule has 0 amide bonds. The summed E-state index contributed by atoms with van der Waals surface area (Å²) < 4.78 is 2.26. The number of anilines is 1. The molecule has 2 aliphatic heterocycles. The van der Waals surface area contributed by atoms with Crippen LogP contribution in [0.3, 0.4) is 0 Å². The van der Waals surface area contributed by atoms with E-state index in [1.807, 2.05) is 0 Å². The number of hydrogen-bond donors (Lipinski definition) is 1. The van der Waals surface area contributed by atoms with Gasteiger partial charge in [0.2, 0.25) is 0 Å². The van der Waals surface area contributed by atoms with Crippen molar-refractivity contribution in [1.29, 1.82) is 0 Å². The molecule has 1 aromatic carbocycles. The molecular formula is C21H25N5. The number of piperazine rings is 1. The van der Waals surface area contributed by atoms with Crippen LogP contribution in [0, 0.1) is 0 Å². The van der Waals surface area contributed by atoms with Crippen molar-refractivity contribution in [2.45, 2.75) is 13.0 Å². The molecule has 0 radical (unpaired) electrons. The third-order valence-electron chi connectivity index (χ3n) is 5.69. The lowest BCUT2D eigenvalue weighted by molar-refractivity contribution is 0.147. The van der Waals surface area contributed by atoms with Gasteiger partial charge < -0.3 is 14.6 Å². The second-order valence-corrected chi connectivity index (χ2v) is 7.46. The number of benzene rings is 1. The van der Waals surface area contributed by atoms with Crippen molar-refractivity contribution in [1.82, 2.24) is 19.2 Å². The zero-order valence-corrected chi connectivity index (χ0v) is 15.3. The smallest absolute Gasteiger partial charge is 0.137 e. The van der Waals surface area contributed by atoms with Gasteiger partial charge >= 0.3 is 0 Å². The molecule has 4 heterocycles. The first-order valence-electron chi connectivity index (χ1n) is 9.52.